The Morgan fingerprint density at radius 2 is 1.68 bits per heavy atom. The predicted octanol–water partition coefficient (Wildman–Crippen LogP) is 4.80. The Bertz CT molecular complexity index is 543. The smallest absolute Gasteiger partial charge is 0.0639 e. The van der Waals surface area contributed by atoms with Crippen LogP contribution in [-0.2, 0) is 0 Å². The van der Waals surface area contributed by atoms with Crippen molar-refractivity contribution in [2.75, 3.05) is 0 Å². The summed E-state index contributed by atoms with van der Waals surface area (Å²) in [6.45, 7) is 4.19. The fourth-order valence-electron chi connectivity index (χ4n) is 2.07. The van der Waals surface area contributed by atoms with Crippen LogP contribution in [0.3, 0.4) is 0 Å². The van der Waals surface area contributed by atoms with Crippen molar-refractivity contribution in [1.82, 2.24) is 10.3 Å². The van der Waals surface area contributed by atoms with E-state index in [0.29, 0.717) is 10.0 Å². The molecule has 0 aliphatic rings. The SMILES string of the molecule is CC(NC(C)c1cccc(Cl)c1Cl)c1ccncc1. The molecule has 1 aromatic heterocycles. The molecule has 1 heterocycles. The van der Waals surface area contributed by atoms with Crippen LogP contribution in [0.25, 0.3) is 0 Å². The van der Waals surface area contributed by atoms with Gasteiger partial charge in [0.05, 0.1) is 10.0 Å². The maximum atomic E-state index is 6.24. The van der Waals surface area contributed by atoms with E-state index >= 15 is 0 Å². The molecule has 2 unspecified atom stereocenters. The van der Waals surface area contributed by atoms with Gasteiger partial charge in [0.15, 0.2) is 0 Å². The van der Waals surface area contributed by atoms with E-state index in [9.17, 15) is 0 Å². The first kappa shape index (κ1) is 14.3. The highest BCUT2D eigenvalue weighted by Crippen LogP contribution is 2.30. The van der Waals surface area contributed by atoms with Crippen LogP contribution in [0.15, 0.2) is 42.7 Å². The van der Waals surface area contributed by atoms with Crippen LogP contribution in [-0.4, -0.2) is 4.98 Å². The number of pyridine rings is 1. The van der Waals surface area contributed by atoms with Crippen LogP contribution in [0, 0.1) is 0 Å². The Balaban J connectivity index is 2.13. The van der Waals surface area contributed by atoms with Gasteiger partial charge in [-0.3, -0.25) is 4.98 Å². The maximum Gasteiger partial charge on any atom is 0.0639 e. The van der Waals surface area contributed by atoms with Crippen molar-refractivity contribution in [2.24, 2.45) is 0 Å². The minimum absolute atomic E-state index is 0.120. The molecular weight excluding hydrogens is 279 g/mol. The highest BCUT2D eigenvalue weighted by atomic mass is 35.5. The molecule has 4 heteroatoms. The van der Waals surface area contributed by atoms with Gasteiger partial charge >= 0.3 is 0 Å². The average Bonchev–Trinajstić information content (AvgIpc) is 2.42. The van der Waals surface area contributed by atoms with Gasteiger partial charge in [-0.1, -0.05) is 35.3 Å². The molecule has 2 aromatic rings. The zero-order valence-electron chi connectivity index (χ0n) is 10.9. The molecule has 0 saturated carbocycles. The standard InChI is InChI=1S/C15H16Cl2N2/c1-10(12-6-8-18-9-7-12)19-11(2)13-4-3-5-14(16)15(13)17/h3-11,19H,1-2H3. The van der Waals surface area contributed by atoms with Crippen molar-refractivity contribution in [1.29, 1.82) is 0 Å². The average molecular weight is 295 g/mol. The lowest BCUT2D eigenvalue weighted by molar-refractivity contribution is 0.494. The van der Waals surface area contributed by atoms with Crippen molar-refractivity contribution >= 4 is 23.2 Å². The van der Waals surface area contributed by atoms with Gasteiger partial charge < -0.3 is 5.32 Å². The van der Waals surface area contributed by atoms with E-state index in [1.807, 2.05) is 24.3 Å². The number of rotatable bonds is 4. The first-order chi connectivity index (χ1) is 9.09. The van der Waals surface area contributed by atoms with Gasteiger partial charge in [0.1, 0.15) is 0 Å². The van der Waals surface area contributed by atoms with E-state index in [1.54, 1.807) is 18.5 Å². The number of aromatic nitrogens is 1. The van der Waals surface area contributed by atoms with Gasteiger partial charge in [0.2, 0.25) is 0 Å². The zero-order valence-corrected chi connectivity index (χ0v) is 12.4. The second-order valence-electron chi connectivity index (χ2n) is 4.53. The van der Waals surface area contributed by atoms with Gasteiger partial charge in [-0.25, -0.2) is 0 Å². The fraction of sp³-hybridized carbons (Fsp3) is 0.267. The Labute approximate surface area is 123 Å². The number of hydrogen-bond acceptors (Lipinski definition) is 2. The molecule has 1 aromatic carbocycles. The van der Waals surface area contributed by atoms with Gasteiger partial charge in [0.25, 0.3) is 0 Å². The van der Waals surface area contributed by atoms with E-state index < -0.39 is 0 Å². The minimum Gasteiger partial charge on any atom is -0.304 e. The lowest BCUT2D eigenvalue weighted by Gasteiger charge is -2.21. The summed E-state index contributed by atoms with van der Waals surface area (Å²) >= 11 is 12.3. The highest BCUT2D eigenvalue weighted by Gasteiger charge is 2.14. The summed E-state index contributed by atoms with van der Waals surface area (Å²) in [6, 6.07) is 10.0. The van der Waals surface area contributed by atoms with E-state index in [2.05, 4.69) is 24.1 Å². The molecule has 1 N–H and O–H groups in total. The zero-order chi connectivity index (χ0) is 13.8. The number of nitrogens with zero attached hydrogens (tertiary/aromatic N) is 1. The molecule has 100 valence electrons. The lowest BCUT2D eigenvalue weighted by Crippen LogP contribution is -2.22. The second kappa shape index (κ2) is 6.38. The van der Waals surface area contributed by atoms with Crippen LogP contribution in [0.5, 0.6) is 0 Å². The summed E-state index contributed by atoms with van der Waals surface area (Å²) in [7, 11) is 0. The number of nitrogens with one attached hydrogen (secondary N) is 1. The van der Waals surface area contributed by atoms with Gasteiger partial charge in [-0.05, 0) is 43.2 Å². The number of hydrogen-bond donors (Lipinski definition) is 1. The van der Waals surface area contributed by atoms with Crippen molar-refractivity contribution < 1.29 is 0 Å². The van der Waals surface area contributed by atoms with Crippen LogP contribution >= 0.6 is 23.2 Å². The Morgan fingerprint density at radius 1 is 1.00 bits per heavy atom. The summed E-state index contributed by atoms with van der Waals surface area (Å²) in [5, 5.41) is 4.71. The topological polar surface area (TPSA) is 24.9 Å². The monoisotopic (exact) mass is 294 g/mol. The van der Waals surface area contributed by atoms with Gasteiger partial charge in [-0.15, -0.1) is 0 Å². The molecule has 0 bridgehead atoms. The normalized spacial score (nSPS) is 14.1. The van der Waals surface area contributed by atoms with Gasteiger partial charge in [0, 0.05) is 24.5 Å². The van der Waals surface area contributed by atoms with E-state index in [0.717, 1.165) is 5.56 Å². The Morgan fingerprint density at radius 3 is 2.37 bits per heavy atom. The Hall–Kier alpha value is -1.09. The first-order valence-electron chi connectivity index (χ1n) is 6.19. The Kier molecular flexibility index (Phi) is 4.81. The molecule has 0 fully saturated rings. The van der Waals surface area contributed by atoms with Crippen molar-refractivity contribution in [3.05, 3.63) is 63.9 Å². The molecule has 0 aliphatic heterocycles. The van der Waals surface area contributed by atoms with E-state index in [1.165, 1.54) is 5.56 Å². The molecule has 2 rings (SSSR count). The molecule has 2 nitrogen and oxygen atoms in total. The van der Waals surface area contributed by atoms with E-state index in [4.69, 9.17) is 23.2 Å². The maximum absolute atomic E-state index is 6.24. The number of halogens is 2. The molecule has 0 saturated heterocycles. The van der Waals surface area contributed by atoms with Gasteiger partial charge in [-0.2, -0.15) is 0 Å². The third kappa shape index (κ3) is 3.47. The lowest BCUT2D eigenvalue weighted by atomic mass is 10.1. The van der Waals surface area contributed by atoms with Crippen molar-refractivity contribution in [3.8, 4) is 0 Å². The fourth-order valence-corrected chi connectivity index (χ4v) is 2.54. The molecule has 0 amide bonds. The summed E-state index contributed by atoms with van der Waals surface area (Å²) in [6.07, 6.45) is 3.59. The highest BCUT2D eigenvalue weighted by molar-refractivity contribution is 6.42. The summed E-state index contributed by atoms with van der Waals surface area (Å²) < 4.78 is 0. The van der Waals surface area contributed by atoms with Crippen LogP contribution in [0.1, 0.15) is 37.1 Å². The van der Waals surface area contributed by atoms with E-state index in [-0.39, 0.29) is 12.1 Å². The molecular formula is C15H16Cl2N2. The second-order valence-corrected chi connectivity index (χ2v) is 5.32. The summed E-state index contributed by atoms with van der Waals surface area (Å²) in [4.78, 5) is 4.02. The molecule has 0 aliphatic carbocycles. The molecule has 0 spiro atoms. The molecule has 2 atom stereocenters. The minimum atomic E-state index is 0.120. The third-order valence-corrected chi connectivity index (χ3v) is 3.99. The van der Waals surface area contributed by atoms with Crippen LogP contribution in [0.2, 0.25) is 10.0 Å². The van der Waals surface area contributed by atoms with Crippen LogP contribution in [0.4, 0.5) is 0 Å². The summed E-state index contributed by atoms with van der Waals surface area (Å²) in [5.41, 5.74) is 2.20. The molecule has 0 radical (unpaired) electrons. The third-order valence-electron chi connectivity index (χ3n) is 3.15. The summed E-state index contributed by atoms with van der Waals surface area (Å²) in [5.74, 6) is 0. The van der Waals surface area contributed by atoms with Crippen molar-refractivity contribution in [3.63, 3.8) is 0 Å². The largest absolute Gasteiger partial charge is 0.304 e. The van der Waals surface area contributed by atoms with Crippen LogP contribution < -0.4 is 5.32 Å². The first-order valence-corrected chi connectivity index (χ1v) is 6.95. The predicted molar refractivity (Wildman–Crippen MR) is 80.7 cm³/mol. The quantitative estimate of drug-likeness (QED) is 0.876. The van der Waals surface area contributed by atoms with Crippen molar-refractivity contribution in [2.45, 2.75) is 25.9 Å². The molecule has 19 heavy (non-hydrogen) atoms. The number of benzene rings is 1.